The molecule has 3 nitrogen and oxygen atoms in total. The lowest BCUT2D eigenvalue weighted by molar-refractivity contribution is 0.458. The lowest BCUT2D eigenvalue weighted by Gasteiger charge is -2.11. The van der Waals surface area contributed by atoms with E-state index in [0.717, 1.165) is 17.1 Å². The van der Waals surface area contributed by atoms with Gasteiger partial charge >= 0.3 is 0 Å². The Kier molecular flexibility index (Phi) is 4.71. The summed E-state index contributed by atoms with van der Waals surface area (Å²) in [4.78, 5) is 1.20. The van der Waals surface area contributed by atoms with E-state index in [9.17, 15) is 5.11 Å². The summed E-state index contributed by atoms with van der Waals surface area (Å²) in [5.41, 5.74) is 0.927. The Morgan fingerprint density at radius 2 is 1.89 bits per heavy atom. The molecule has 0 aliphatic carbocycles. The van der Waals surface area contributed by atoms with Gasteiger partial charge in [0.25, 0.3) is 0 Å². The lowest BCUT2D eigenvalue weighted by Crippen LogP contribution is -2.06. The van der Waals surface area contributed by atoms with Crippen molar-refractivity contribution in [2.75, 3.05) is 13.3 Å². The van der Waals surface area contributed by atoms with Crippen molar-refractivity contribution in [1.29, 1.82) is 0 Å². The minimum Gasteiger partial charge on any atom is -0.508 e. The maximum Gasteiger partial charge on any atom is 0.132 e. The van der Waals surface area contributed by atoms with E-state index < -0.39 is 0 Å². The number of phenolic OH excluding ortho intramolecular Hbond substituents is 1. The molecule has 2 aromatic rings. The van der Waals surface area contributed by atoms with Crippen LogP contribution in [-0.4, -0.2) is 18.4 Å². The van der Waals surface area contributed by atoms with Crippen LogP contribution in [0.3, 0.4) is 0 Å². The molecular weight excluding hydrogens is 258 g/mol. The first-order valence-electron chi connectivity index (χ1n) is 6.01. The Morgan fingerprint density at radius 1 is 1.16 bits per heavy atom. The molecule has 0 saturated heterocycles. The van der Waals surface area contributed by atoms with Crippen molar-refractivity contribution in [2.24, 2.45) is 0 Å². The minimum atomic E-state index is 0.246. The standard InChI is InChI=1S/C15H17NO2S/c1-16-10-11-9-12(17)3-8-15(11)18-13-4-6-14(19-2)7-5-13/h3-9,16-17H,10H2,1-2H3. The number of aromatic hydroxyl groups is 1. The number of rotatable bonds is 5. The van der Waals surface area contributed by atoms with Gasteiger partial charge in [0.2, 0.25) is 0 Å². The first-order chi connectivity index (χ1) is 9.22. The maximum absolute atomic E-state index is 9.51. The number of phenols is 1. The van der Waals surface area contributed by atoms with Gasteiger partial charge in [-0.15, -0.1) is 11.8 Å². The second kappa shape index (κ2) is 6.50. The summed E-state index contributed by atoms with van der Waals surface area (Å²) in [6.45, 7) is 0.645. The van der Waals surface area contributed by atoms with Crippen LogP contribution in [0.1, 0.15) is 5.56 Å². The van der Waals surface area contributed by atoms with E-state index in [1.807, 2.05) is 37.6 Å². The van der Waals surface area contributed by atoms with Gasteiger partial charge in [-0.25, -0.2) is 0 Å². The van der Waals surface area contributed by atoms with Crippen molar-refractivity contribution in [2.45, 2.75) is 11.4 Å². The van der Waals surface area contributed by atoms with Crippen LogP contribution in [0.5, 0.6) is 17.2 Å². The fourth-order valence-electron chi connectivity index (χ4n) is 1.76. The summed E-state index contributed by atoms with van der Waals surface area (Å²) in [6, 6.07) is 13.1. The molecule has 0 atom stereocenters. The van der Waals surface area contributed by atoms with Gasteiger partial charge in [0.05, 0.1) is 0 Å². The predicted molar refractivity (Wildman–Crippen MR) is 79.2 cm³/mol. The molecule has 0 radical (unpaired) electrons. The van der Waals surface area contributed by atoms with Gasteiger partial charge in [-0.1, -0.05) is 0 Å². The molecule has 0 fully saturated rings. The van der Waals surface area contributed by atoms with E-state index in [1.54, 1.807) is 30.0 Å². The van der Waals surface area contributed by atoms with Crippen molar-refractivity contribution in [3.63, 3.8) is 0 Å². The first-order valence-corrected chi connectivity index (χ1v) is 7.24. The highest BCUT2D eigenvalue weighted by Crippen LogP contribution is 2.29. The van der Waals surface area contributed by atoms with Gasteiger partial charge in [0.15, 0.2) is 0 Å². The topological polar surface area (TPSA) is 41.5 Å². The van der Waals surface area contributed by atoms with E-state index in [0.29, 0.717) is 6.54 Å². The molecule has 0 heterocycles. The summed E-state index contributed by atoms with van der Waals surface area (Å²) < 4.78 is 5.86. The number of hydrogen-bond acceptors (Lipinski definition) is 4. The van der Waals surface area contributed by atoms with Gasteiger partial charge in [0.1, 0.15) is 17.2 Å². The first kappa shape index (κ1) is 13.8. The molecule has 2 rings (SSSR count). The fraction of sp³-hybridized carbons (Fsp3) is 0.200. The smallest absolute Gasteiger partial charge is 0.132 e. The SMILES string of the molecule is CNCc1cc(O)ccc1Oc1ccc(SC)cc1. The minimum absolute atomic E-state index is 0.246. The van der Waals surface area contributed by atoms with E-state index >= 15 is 0 Å². The van der Waals surface area contributed by atoms with Gasteiger partial charge in [-0.3, -0.25) is 0 Å². The summed E-state index contributed by atoms with van der Waals surface area (Å²) in [7, 11) is 1.86. The third-order valence-electron chi connectivity index (χ3n) is 2.70. The highest BCUT2D eigenvalue weighted by atomic mass is 32.2. The van der Waals surface area contributed by atoms with E-state index in [-0.39, 0.29) is 5.75 Å². The molecule has 2 N–H and O–H groups in total. The van der Waals surface area contributed by atoms with Crippen LogP contribution in [0.2, 0.25) is 0 Å². The molecule has 0 amide bonds. The quantitative estimate of drug-likeness (QED) is 0.818. The van der Waals surface area contributed by atoms with Crippen molar-refractivity contribution < 1.29 is 9.84 Å². The van der Waals surface area contributed by atoms with Crippen LogP contribution in [0, 0.1) is 0 Å². The number of ether oxygens (including phenoxy) is 1. The molecule has 0 spiro atoms. The van der Waals surface area contributed by atoms with Crippen molar-refractivity contribution in [1.82, 2.24) is 5.32 Å². The lowest BCUT2D eigenvalue weighted by atomic mass is 10.2. The van der Waals surface area contributed by atoms with Gasteiger partial charge in [0, 0.05) is 17.0 Å². The molecule has 0 unspecified atom stereocenters. The van der Waals surface area contributed by atoms with Crippen LogP contribution in [0.25, 0.3) is 0 Å². The van der Waals surface area contributed by atoms with Gasteiger partial charge in [-0.05, 0) is 55.8 Å². The molecule has 0 aromatic heterocycles. The average Bonchev–Trinajstić information content (AvgIpc) is 2.43. The number of benzene rings is 2. The van der Waals surface area contributed by atoms with E-state index in [4.69, 9.17) is 4.74 Å². The Labute approximate surface area is 117 Å². The summed E-state index contributed by atoms with van der Waals surface area (Å²) in [6.07, 6.45) is 2.04. The molecule has 100 valence electrons. The molecule has 0 bridgehead atoms. The molecule has 2 aromatic carbocycles. The van der Waals surface area contributed by atoms with Crippen molar-refractivity contribution in [3.05, 3.63) is 48.0 Å². The molecule has 4 heteroatoms. The molecule has 19 heavy (non-hydrogen) atoms. The molecular formula is C15H17NO2S. The Bertz CT molecular complexity index is 540. The average molecular weight is 275 g/mol. The molecule has 0 saturated carbocycles. The van der Waals surface area contributed by atoms with Crippen molar-refractivity contribution >= 4 is 11.8 Å². The number of hydrogen-bond donors (Lipinski definition) is 2. The zero-order valence-electron chi connectivity index (χ0n) is 11.0. The third kappa shape index (κ3) is 3.66. The van der Waals surface area contributed by atoms with Gasteiger partial charge < -0.3 is 15.2 Å². The van der Waals surface area contributed by atoms with Crippen LogP contribution in [0.4, 0.5) is 0 Å². The number of nitrogens with one attached hydrogen (secondary N) is 1. The molecule has 0 aliphatic rings. The second-order valence-corrected chi connectivity index (χ2v) is 4.98. The summed E-state index contributed by atoms with van der Waals surface area (Å²) in [5, 5.41) is 12.6. The summed E-state index contributed by atoms with van der Waals surface area (Å²) in [5.74, 6) is 1.79. The zero-order valence-corrected chi connectivity index (χ0v) is 11.8. The Hall–Kier alpha value is -1.65. The third-order valence-corrected chi connectivity index (χ3v) is 3.44. The van der Waals surface area contributed by atoms with Crippen molar-refractivity contribution in [3.8, 4) is 17.2 Å². The second-order valence-electron chi connectivity index (χ2n) is 4.10. The van der Waals surface area contributed by atoms with Gasteiger partial charge in [-0.2, -0.15) is 0 Å². The van der Waals surface area contributed by atoms with Crippen LogP contribution >= 0.6 is 11.8 Å². The summed E-state index contributed by atoms with van der Waals surface area (Å²) >= 11 is 1.70. The maximum atomic E-state index is 9.51. The zero-order chi connectivity index (χ0) is 13.7. The number of thioether (sulfide) groups is 1. The van der Waals surface area contributed by atoms with Crippen LogP contribution < -0.4 is 10.1 Å². The highest BCUT2D eigenvalue weighted by molar-refractivity contribution is 7.98. The Morgan fingerprint density at radius 3 is 2.53 bits per heavy atom. The largest absolute Gasteiger partial charge is 0.508 e. The highest BCUT2D eigenvalue weighted by Gasteiger charge is 2.06. The van der Waals surface area contributed by atoms with E-state index in [1.165, 1.54) is 4.90 Å². The predicted octanol–water partition coefficient (Wildman–Crippen LogP) is 3.63. The van der Waals surface area contributed by atoms with Crippen LogP contribution in [-0.2, 0) is 6.54 Å². The van der Waals surface area contributed by atoms with Crippen LogP contribution in [0.15, 0.2) is 47.4 Å². The monoisotopic (exact) mass is 275 g/mol. The fourth-order valence-corrected chi connectivity index (χ4v) is 2.17. The molecule has 0 aliphatic heterocycles. The Balaban J connectivity index is 2.21. The normalized spacial score (nSPS) is 10.4. The van der Waals surface area contributed by atoms with E-state index in [2.05, 4.69) is 5.32 Å².